The number of thiophene rings is 1. The van der Waals surface area contributed by atoms with Gasteiger partial charge in [-0.15, -0.1) is 11.3 Å². The summed E-state index contributed by atoms with van der Waals surface area (Å²) in [5.74, 6) is -0.215. The molecule has 0 bridgehead atoms. The molecular weight excluding hydrogens is 396 g/mol. The van der Waals surface area contributed by atoms with Gasteiger partial charge in [-0.25, -0.2) is 4.98 Å². The molecule has 5 rings (SSSR count). The summed E-state index contributed by atoms with van der Waals surface area (Å²) in [6, 6.07) is 7.97. The summed E-state index contributed by atoms with van der Waals surface area (Å²) >= 11 is 1.63. The van der Waals surface area contributed by atoms with Gasteiger partial charge in [0, 0.05) is 29.3 Å². The highest BCUT2D eigenvalue weighted by Crippen LogP contribution is 2.33. The first kappa shape index (κ1) is 19.3. The number of piperidine rings is 1. The fourth-order valence-corrected chi connectivity index (χ4v) is 5.78. The Bertz CT molecular complexity index is 1130. The molecule has 0 atom stereocenters. The first-order valence-corrected chi connectivity index (χ1v) is 11.7. The highest BCUT2D eigenvalue weighted by molar-refractivity contribution is 7.18. The number of aryl methyl sites for hydroxylation is 2. The summed E-state index contributed by atoms with van der Waals surface area (Å²) in [6.07, 6.45) is 9.53. The van der Waals surface area contributed by atoms with Crippen LogP contribution in [0.2, 0.25) is 0 Å². The van der Waals surface area contributed by atoms with Gasteiger partial charge in [0.2, 0.25) is 5.91 Å². The fourth-order valence-electron chi connectivity index (χ4n) is 4.56. The maximum absolute atomic E-state index is 13.0. The molecule has 1 aliphatic heterocycles. The van der Waals surface area contributed by atoms with Gasteiger partial charge in [-0.1, -0.05) is 0 Å². The van der Waals surface area contributed by atoms with Crippen molar-refractivity contribution in [1.29, 1.82) is 0 Å². The smallest absolute Gasteiger partial charge is 0.262 e. The number of aromatic nitrogens is 2. The van der Waals surface area contributed by atoms with Crippen molar-refractivity contribution in [2.45, 2.75) is 51.5 Å². The summed E-state index contributed by atoms with van der Waals surface area (Å²) in [5.41, 5.74) is 2.99. The zero-order chi connectivity index (χ0) is 20.5. The van der Waals surface area contributed by atoms with E-state index in [-0.39, 0.29) is 18.0 Å². The third-order valence-electron chi connectivity index (χ3n) is 6.13. The van der Waals surface area contributed by atoms with Gasteiger partial charge in [0.1, 0.15) is 11.4 Å². The van der Waals surface area contributed by atoms with Crippen LogP contribution in [0.15, 0.2) is 35.4 Å². The van der Waals surface area contributed by atoms with Crippen molar-refractivity contribution in [3.63, 3.8) is 0 Å². The molecule has 3 heterocycles. The Morgan fingerprint density at radius 1 is 1.03 bits per heavy atom. The number of carbonyl (C=O) groups excluding carboxylic acids is 1. The average molecular weight is 423 g/mol. The van der Waals surface area contributed by atoms with Crippen LogP contribution in [-0.2, 0) is 24.2 Å². The zero-order valence-electron chi connectivity index (χ0n) is 17.0. The summed E-state index contributed by atoms with van der Waals surface area (Å²) in [6.45, 7) is 2.16. The van der Waals surface area contributed by atoms with Crippen LogP contribution in [0.4, 0.5) is 11.4 Å². The van der Waals surface area contributed by atoms with Crippen LogP contribution in [0.5, 0.6) is 0 Å². The summed E-state index contributed by atoms with van der Waals surface area (Å²) in [5, 5.41) is 3.63. The number of hydrogen-bond donors (Lipinski definition) is 1. The van der Waals surface area contributed by atoms with Crippen molar-refractivity contribution in [2.75, 3.05) is 23.3 Å². The molecule has 0 spiro atoms. The molecule has 7 heteroatoms. The first-order valence-electron chi connectivity index (χ1n) is 10.8. The Balaban J connectivity index is 1.30. The number of benzene rings is 1. The van der Waals surface area contributed by atoms with E-state index in [9.17, 15) is 9.59 Å². The summed E-state index contributed by atoms with van der Waals surface area (Å²) in [7, 11) is 0. The van der Waals surface area contributed by atoms with Crippen molar-refractivity contribution in [2.24, 2.45) is 0 Å². The second-order valence-corrected chi connectivity index (χ2v) is 9.30. The summed E-state index contributed by atoms with van der Waals surface area (Å²) < 4.78 is 1.43. The third kappa shape index (κ3) is 3.74. The van der Waals surface area contributed by atoms with Crippen LogP contribution in [0.3, 0.4) is 0 Å². The molecule has 6 nitrogen and oxygen atoms in total. The van der Waals surface area contributed by atoms with E-state index in [1.807, 2.05) is 12.1 Å². The molecule has 156 valence electrons. The van der Waals surface area contributed by atoms with Crippen LogP contribution in [0, 0.1) is 0 Å². The number of anilines is 2. The van der Waals surface area contributed by atoms with Crippen molar-refractivity contribution in [3.8, 4) is 0 Å². The van der Waals surface area contributed by atoms with Crippen LogP contribution >= 0.6 is 11.3 Å². The Morgan fingerprint density at radius 3 is 2.60 bits per heavy atom. The lowest BCUT2D eigenvalue weighted by Gasteiger charge is -2.28. The van der Waals surface area contributed by atoms with Crippen molar-refractivity contribution >= 4 is 38.8 Å². The third-order valence-corrected chi connectivity index (χ3v) is 7.33. The minimum Gasteiger partial charge on any atom is -0.372 e. The highest BCUT2D eigenvalue weighted by Gasteiger charge is 2.20. The molecule has 1 amide bonds. The van der Waals surface area contributed by atoms with E-state index in [4.69, 9.17) is 0 Å². The van der Waals surface area contributed by atoms with Gasteiger partial charge in [-0.05, 0) is 74.8 Å². The fraction of sp³-hybridized carbons (Fsp3) is 0.435. The number of fused-ring (bicyclic) bond motifs is 3. The van der Waals surface area contributed by atoms with E-state index < -0.39 is 0 Å². The monoisotopic (exact) mass is 422 g/mol. The minimum atomic E-state index is -0.215. The molecule has 1 aromatic carbocycles. The minimum absolute atomic E-state index is 0.0275. The molecule has 30 heavy (non-hydrogen) atoms. The largest absolute Gasteiger partial charge is 0.372 e. The first-order chi connectivity index (χ1) is 14.7. The lowest BCUT2D eigenvalue weighted by Crippen LogP contribution is -2.29. The van der Waals surface area contributed by atoms with Gasteiger partial charge in [0.25, 0.3) is 5.56 Å². The van der Waals surface area contributed by atoms with E-state index in [0.717, 1.165) is 53.8 Å². The molecule has 1 N–H and O–H groups in total. The van der Waals surface area contributed by atoms with Gasteiger partial charge in [-0.3, -0.25) is 14.2 Å². The molecule has 2 aliphatic rings. The average Bonchev–Trinajstić information content (AvgIpc) is 3.16. The van der Waals surface area contributed by atoms with Crippen LogP contribution in [0.25, 0.3) is 10.2 Å². The second-order valence-electron chi connectivity index (χ2n) is 8.21. The van der Waals surface area contributed by atoms with Gasteiger partial charge >= 0.3 is 0 Å². The van der Waals surface area contributed by atoms with Crippen molar-refractivity contribution in [1.82, 2.24) is 9.55 Å². The van der Waals surface area contributed by atoms with E-state index >= 15 is 0 Å². The molecular formula is C23H26N4O2S. The predicted octanol–water partition coefficient (Wildman–Crippen LogP) is 3.97. The van der Waals surface area contributed by atoms with E-state index in [0.29, 0.717) is 0 Å². The van der Waals surface area contributed by atoms with Crippen LogP contribution < -0.4 is 15.8 Å². The Morgan fingerprint density at radius 2 is 1.80 bits per heavy atom. The van der Waals surface area contributed by atoms with E-state index in [1.54, 1.807) is 11.3 Å². The molecule has 3 aromatic rings. The lowest BCUT2D eigenvalue weighted by atomic mass is 9.97. The lowest BCUT2D eigenvalue weighted by molar-refractivity contribution is -0.116. The van der Waals surface area contributed by atoms with Crippen LogP contribution in [-0.4, -0.2) is 28.5 Å². The number of carbonyl (C=O) groups is 1. The highest BCUT2D eigenvalue weighted by atomic mass is 32.1. The number of amides is 1. The molecule has 0 unspecified atom stereocenters. The maximum atomic E-state index is 13.0. The van der Waals surface area contributed by atoms with Crippen molar-refractivity contribution in [3.05, 3.63) is 51.4 Å². The quantitative estimate of drug-likeness (QED) is 0.691. The van der Waals surface area contributed by atoms with Gasteiger partial charge in [0.05, 0.1) is 11.7 Å². The SMILES string of the molecule is O=C(Cn1cnc2sc3c(c2c1=O)CCCC3)Nc1ccc(N2CCCCC2)cc1. The predicted molar refractivity (Wildman–Crippen MR) is 122 cm³/mol. The Hall–Kier alpha value is -2.67. The standard InChI is InChI=1S/C23H26N4O2S/c28-20(25-16-8-10-17(11-9-16)26-12-4-1-5-13-26)14-27-15-24-22-21(23(27)29)18-6-2-3-7-19(18)30-22/h8-11,15H,1-7,12-14H2,(H,25,28). The zero-order valence-corrected chi connectivity index (χ0v) is 17.8. The van der Waals surface area contributed by atoms with E-state index in [1.165, 1.54) is 47.1 Å². The van der Waals surface area contributed by atoms with E-state index in [2.05, 4.69) is 27.3 Å². The normalized spacial score (nSPS) is 16.5. The topological polar surface area (TPSA) is 67.2 Å². The molecule has 1 saturated heterocycles. The second kappa shape index (κ2) is 8.22. The molecule has 1 fully saturated rings. The Kier molecular flexibility index (Phi) is 5.29. The Labute approximate surface area is 179 Å². The van der Waals surface area contributed by atoms with Crippen LogP contribution in [0.1, 0.15) is 42.5 Å². The number of nitrogens with zero attached hydrogens (tertiary/aromatic N) is 3. The van der Waals surface area contributed by atoms with Gasteiger partial charge < -0.3 is 10.2 Å². The summed E-state index contributed by atoms with van der Waals surface area (Å²) in [4.78, 5) is 34.5. The molecule has 0 saturated carbocycles. The van der Waals surface area contributed by atoms with Gasteiger partial charge in [0.15, 0.2) is 0 Å². The molecule has 0 radical (unpaired) electrons. The molecule has 1 aliphatic carbocycles. The van der Waals surface area contributed by atoms with Gasteiger partial charge in [-0.2, -0.15) is 0 Å². The molecule has 2 aromatic heterocycles. The number of nitrogens with one attached hydrogen (secondary N) is 1. The maximum Gasteiger partial charge on any atom is 0.262 e. The van der Waals surface area contributed by atoms with Crippen molar-refractivity contribution < 1.29 is 4.79 Å². The number of hydrogen-bond acceptors (Lipinski definition) is 5. The number of rotatable bonds is 4.